The number of nitrogens with zero attached hydrogens (tertiary/aromatic N) is 1. The van der Waals surface area contributed by atoms with E-state index in [9.17, 15) is 14.7 Å². The predicted octanol–water partition coefficient (Wildman–Crippen LogP) is 0.0585. The molecule has 0 unspecified atom stereocenters. The van der Waals surface area contributed by atoms with E-state index in [0.717, 1.165) is 25.7 Å². The van der Waals surface area contributed by atoms with Crippen molar-refractivity contribution >= 4 is 11.8 Å². The zero-order valence-electron chi connectivity index (χ0n) is 14.3. The molecule has 3 fully saturated rings. The van der Waals surface area contributed by atoms with Gasteiger partial charge in [0.15, 0.2) is 0 Å². The smallest absolute Gasteiger partial charge is 0.226 e. The molecule has 24 heavy (non-hydrogen) atoms. The van der Waals surface area contributed by atoms with Crippen LogP contribution in [0.25, 0.3) is 0 Å². The van der Waals surface area contributed by atoms with Gasteiger partial charge >= 0.3 is 0 Å². The summed E-state index contributed by atoms with van der Waals surface area (Å²) in [5, 5.41) is 12.8. The summed E-state index contributed by atoms with van der Waals surface area (Å²) in [6.07, 6.45) is 2.74. The zero-order valence-corrected chi connectivity index (χ0v) is 14.3. The molecule has 136 valence electrons. The predicted molar refractivity (Wildman–Crippen MR) is 86.2 cm³/mol. The Kier molecular flexibility index (Phi) is 5.73. The molecule has 4 atom stereocenters. The first kappa shape index (κ1) is 17.6. The van der Waals surface area contributed by atoms with Crippen LogP contribution in [0, 0.1) is 5.92 Å². The van der Waals surface area contributed by atoms with E-state index in [1.807, 2.05) is 11.8 Å². The van der Waals surface area contributed by atoms with Gasteiger partial charge in [-0.15, -0.1) is 0 Å². The lowest BCUT2D eigenvalue weighted by molar-refractivity contribution is -0.170. The summed E-state index contributed by atoms with van der Waals surface area (Å²) in [7, 11) is 0. The van der Waals surface area contributed by atoms with Crippen molar-refractivity contribution in [3.8, 4) is 0 Å². The highest BCUT2D eigenvalue weighted by atomic mass is 16.5. The van der Waals surface area contributed by atoms with Gasteiger partial charge in [0.2, 0.25) is 11.8 Å². The summed E-state index contributed by atoms with van der Waals surface area (Å²) in [6, 6.07) is -0.0708. The molecule has 0 radical (unpaired) electrons. The second kappa shape index (κ2) is 7.80. The maximum absolute atomic E-state index is 12.6. The molecule has 2 amide bonds. The van der Waals surface area contributed by atoms with Crippen molar-refractivity contribution in [3.05, 3.63) is 0 Å². The lowest BCUT2D eigenvalue weighted by Gasteiger charge is -2.44. The number of carbonyl (C=O) groups is 2. The van der Waals surface area contributed by atoms with Gasteiger partial charge in [-0.2, -0.15) is 0 Å². The van der Waals surface area contributed by atoms with Gasteiger partial charge in [-0.05, 0) is 32.6 Å². The lowest BCUT2D eigenvalue weighted by atomic mass is 9.94. The fourth-order valence-corrected chi connectivity index (χ4v) is 3.64. The van der Waals surface area contributed by atoms with Gasteiger partial charge in [0, 0.05) is 19.0 Å². The van der Waals surface area contributed by atoms with E-state index in [1.54, 1.807) is 0 Å². The van der Waals surface area contributed by atoms with Crippen molar-refractivity contribution in [1.82, 2.24) is 10.2 Å². The first-order valence-corrected chi connectivity index (χ1v) is 9.07. The number of β-amino-alcohol motifs (C(OH)–C–C–N with tert-alkyl or cyclic N) is 1. The van der Waals surface area contributed by atoms with Crippen LogP contribution in [0.4, 0.5) is 0 Å². The second-order valence-electron chi connectivity index (χ2n) is 7.06. The average Bonchev–Trinajstić information content (AvgIpc) is 3.36. The molecule has 0 aromatic rings. The third-order valence-electron chi connectivity index (χ3n) is 4.98. The highest BCUT2D eigenvalue weighted by Crippen LogP contribution is 2.35. The van der Waals surface area contributed by atoms with Crippen LogP contribution in [0.3, 0.4) is 0 Å². The van der Waals surface area contributed by atoms with Crippen LogP contribution in [0.5, 0.6) is 0 Å². The number of aliphatic hydroxyl groups excluding tert-OH is 1. The summed E-state index contributed by atoms with van der Waals surface area (Å²) in [6.45, 7) is 3.37. The van der Waals surface area contributed by atoms with Gasteiger partial charge in [0.25, 0.3) is 0 Å². The van der Waals surface area contributed by atoms with Gasteiger partial charge in [-0.1, -0.05) is 0 Å². The first-order valence-electron chi connectivity index (χ1n) is 9.07. The molecule has 0 aromatic carbocycles. The SMILES string of the molecule is CCNC(=O)C[C@H]1CC[C@@H]2[C@H](COC[C@@H](O)CN2C(=O)C2CC2)O1. The number of fused-ring (bicyclic) bond motifs is 1. The molecule has 3 rings (SSSR count). The van der Waals surface area contributed by atoms with E-state index < -0.39 is 6.10 Å². The highest BCUT2D eigenvalue weighted by Gasteiger charge is 2.43. The summed E-state index contributed by atoms with van der Waals surface area (Å²) >= 11 is 0. The number of carbonyl (C=O) groups excluding carboxylic acids is 2. The summed E-state index contributed by atoms with van der Waals surface area (Å²) < 4.78 is 11.6. The minimum Gasteiger partial charge on any atom is -0.389 e. The van der Waals surface area contributed by atoms with Crippen molar-refractivity contribution in [2.45, 2.75) is 63.4 Å². The molecule has 2 aliphatic heterocycles. The first-order chi connectivity index (χ1) is 11.6. The fourth-order valence-electron chi connectivity index (χ4n) is 3.64. The van der Waals surface area contributed by atoms with Crippen LogP contribution in [-0.4, -0.2) is 72.5 Å². The monoisotopic (exact) mass is 340 g/mol. The zero-order chi connectivity index (χ0) is 17.1. The molecule has 3 aliphatic rings. The van der Waals surface area contributed by atoms with E-state index in [0.29, 0.717) is 26.1 Å². The fraction of sp³-hybridized carbons (Fsp3) is 0.882. The standard InChI is InChI=1S/C17H28N2O5/c1-2-18-16(21)7-13-5-6-14-15(24-13)10-23-9-12(20)8-19(14)17(22)11-3-4-11/h11-15,20H,2-10H2,1H3,(H,18,21)/t12-,13+,14+,15-/m0/s1. The van der Waals surface area contributed by atoms with Crippen LogP contribution in [0.1, 0.15) is 39.0 Å². The molecule has 7 heteroatoms. The van der Waals surface area contributed by atoms with E-state index in [2.05, 4.69) is 5.32 Å². The Morgan fingerprint density at radius 3 is 2.71 bits per heavy atom. The normalized spacial score (nSPS) is 34.0. The molecule has 1 aliphatic carbocycles. The Morgan fingerprint density at radius 2 is 2.00 bits per heavy atom. The third kappa shape index (κ3) is 4.26. The Hall–Kier alpha value is -1.18. The maximum atomic E-state index is 12.6. The number of ether oxygens (including phenoxy) is 2. The molecular weight excluding hydrogens is 312 g/mol. The number of hydrogen-bond donors (Lipinski definition) is 2. The van der Waals surface area contributed by atoms with E-state index >= 15 is 0 Å². The molecule has 2 saturated heterocycles. The average molecular weight is 340 g/mol. The van der Waals surface area contributed by atoms with Crippen molar-refractivity contribution in [1.29, 1.82) is 0 Å². The largest absolute Gasteiger partial charge is 0.389 e. The summed E-state index contributed by atoms with van der Waals surface area (Å²) in [5.74, 6) is 0.247. The Morgan fingerprint density at radius 1 is 1.21 bits per heavy atom. The third-order valence-corrected chi connectivity index (χ3v) is 4.98. The Labute approximate surface area is 142 Å². The van der Waals surface area contributed by atoms with E-state index in [-0.39, 0.29) is 42.6 Å². The van der Waals surface area contributed by atoms with Crippen molar-refractivity contribution in [2.24, 2.45) is 5.92 Å². The summed E-state index contributed by atoms with van der Waals surface area (Å²) in [4.78, 5) is 26.2. The minimum atomic E-state index is -0.651. The van der Waals surface area contributed by atoms with E-state index in [4.69, 9.17) is 9.47 Å². The Balaban J connectivity index is 1.65. The van der Waals surface area contributed by atoms with Crippen molar-refractivity contribution in [2.75, 3.05) is 26.3 Å². The lowest BCUT2D eigenvalue weighted by Crippen LogP contribution is -2.57. The molecule has 0 spiro atoms. The minimum absolute atomic E-state index is 0.00551. The number of hydrogen-bond acceptors (Lipinski definition) is 5. The number of aliphatic hydroxyl groups is 1. The topological polar surface area (TPSA) is 88.1 Å². The molecule has 0 aromatic heterocycles. The van der Waals surface area contributed by atoms with Crippen LogP contribution >= 0.6 is 0 Å². The molecule has 2 N–H and O–H groups in total. The quantitative estimate of drug-likeness (QED) is 0.755. The number of nitrogens with one attached hydrogen (secondary N) is 1. The van der Waals surface area contributed by atoms with Crippen molar-refractivity contribution < 1.29 is 24.2 Å². The van der Waals surface area contributed by atoms with Crippen LogP contribution in [0.15, 0.2) is 0 Å². The Bertz CT molecular complexity index is 468. The van der Waals surface area contributed by atoms with Gasteiger partial charge in [-0.3, -0.25) is 9.59 Å². The molecule has 1 saturated carbocycles. The molecule has 0 bridgehead atoms. The number of amides is 2. The van der Waals surface area contributed by atoms with Gasteiger partial charge < -0.3 is 24.8 Å². The van der Waals surface area contributed by atoms with Crippen LogP contribution in [-0.2, 0) is 19.1 Å². The van der Waals surface area contributed by atoms with Crippen LogP contribution < -0.4 is 5.32 Å². The van der Waals surface area contributed by atoms with Gasteiger partial charge in [0.1, 0.15) is 6.10 Å². The second-order valence-corrected chi connectivity index (χ2v) is 7.06. The molecule has 2 heterocycles. The van der Waals surface area contributed by atoms with Crippen LogP contribution in [0.2, 0.25) is 0 Å². The number of rotatable bonds is 4. The van der Waals surface area contributed by atoms with Crippen molar-refractivity contribution in [3.63, 3.8) is 0 Å². The summed E-state index contributed by atoms with van der Waals surface area (Å²) in [5.41, 5.74) is 0. The molecule has 7 nitrogen and oxygen atoms in total. The van der Waals surface area contributed by atoms with Gasteiger partial charge in [-0.25, -0.2) is 0 Å². The molecular formula is C17H28N2O5. The van der Waals surface area contributed by atoms with E-state index in [1.165, 1.54) is 0 Å². The van der Waals surface area contributed by atoms with Gasteiger partial charge in [0.05, 0.1) is 37.9 Å². The highest BCUT2D eigenvalue weighted by molar-refractivity contribution is 5.81. The maximum Gasteiger partial charge on any atom is 0.226 e.